The number of carbonyl (C=O) groups excluding carboxylic acids is 1. The Bertz CT molecular complexity index is 1560. The van der Waals surface area contributed by atoms with Crippen molar-refractivity contribution in [2.45, 2.75) is 63.1 Å². The average molecular weight is 610 g/mol. The van der Waals surface area contributed by atoms with E-state index in [4.69, 9.17) is 11.6 Å². The Morgan fingerprint density at radius 3 is 2.32 bits per heavy atom. The molecule has 1 aromatic heterocycles. The maximum absolute atomic E-state index is 13.6. The predicted molar refractivity (Wildman–Crippen MR) is 150 cm³/mol. The second kappa shape index (κ2) is 10.6. The highest BCUT2D eigenvalue weighted by Gasteiger charge is 2.52. The van der Waals surface area contributed by atoms with Crippen molar-refractivity contribution in [3.8, 4) is 11.4 Å². The molecule has 1 heterocycles. The van der Waals surface area contributed by atoms with E-state index in [0.717, 1.165) is 50.8 Å². The fourth-order valence-electron chi connectivity index (χ4n) is 6.38. The van der Waals surface area contributed by atoms with Crippen LogP contribution in [0.5, 0.6) is 0 Å². The smallest absolute Gasteiger partial charge is 0.352 e. The number of hydrogen-bond acceptors (Lipinski definition) is 5. The van der Waals surface area contributed by atoms with Gasteiger partial charge in [-0.3, -0.25) is 9.52 Å². The van der Waals surface area contributed by atoms with Crippen molar-refractivity contribution >= 4 is 33.2 Å². The predicted octanol–water partition coefficient (Wildman–Crippen LogP) is 5.82. The SMILES string of the molecule is Cn1c(-c2ccccc2C(F)(F)F)nnc1C12CCC(CC(=O)NCc3ccc(NS(C)(=O)=O)cc3Cl)(CC1)CC2. The average Bonchev–Trinajstić information content (AvgIpc) is 3.29. The minimum atomic E-state index is -4.50. The quantitative estimate of drug-likeness (QED) is 0.335. The van der Waals surface area contributed by atoms with E-state index in [1.807, 2.05) is 0 Å². The normalized spacial score (nSPS) is 22.5. The standard InChI is InChI=1S/C28H31ClF3N5O3S/c1-37-24(20-5-3-4-6-21(20)28(30,31)32)34-35-25(37)27-12-9-26(10-13-27,11-14-27)16-23(38)33-17-18-7-8-19(15-22(18)29)36-41(2,39)40/h3-8,15,36H,9-14,16-17H2,1-2H3,(H,33,38). The van der Waals surface area contributed by atoms with Crippen LogP contribution in [0.1, 0.15) is 61.9 Å². The molecule has 13 heteroatoms. The third-order valence-electron chi connectivity index (χ3n) is 8.59. The van der Waals surface area contributed by atoms with Gasteiger partial charge >= 0.3 is 6.18 Å². The minimum absolute atomic E-state index is 0.0108. The summed E-state index contributed by atoms with van der Waals surface area (Å²) >= 11 is 6.30. The summed E-state index contributed by atoms with van der Waals surface area (Å²) in [6, 6.07) is 10.2. The van der Waals surface area contributed by atoms with Crippen LogP contribution in [0.4, 0.5) is 18.9 Å². The molecular formula is C28H31ClF3N5O3S. The largest absolute Gasteiger partial charge is 0.417 e. The summed E-state index contributed by atoms with van der Waals surface area (Å²) in [7, 11) is -1.70. The highest BCUT2D eigenvalue weighted by atomic mass is 35.5. The van der Waals surface area contributed by atoms with Gasteiger partial charge in [0.05, 0.1) is 11.8 Å². The maximum Gasteiger partial charge on any atom is 0.417 e. The molecule has 2 bridgehead atoms. The van der Waals surface area contributed by atoms with Crippen LogP contribution in [0.25, 0.3) is 11.4 Å². The monoisotopic (exact) mass is 609 g/mol. The lowest BCUT2D eigenvalue weighted by Crippen LogP contribution is -2.47. The molecule has 0 spiro atoms. The first kappa shape index (κ1) is 29.4. The molecular weight excluding hydrogens is 579 g/mol. The van der Waals surface area contributed by atoms with Gasteiger partial charge in [-0.05, 0) is 67.7 Å². The molecule has 0 saturated heterocycles. The highest BCUT2D eigenvalue weighted by Crippen LogP contribution is 2.59. The molecule has 3 aliphatic rings. The van der Waals surface area contributed by atoms with Crippen LogP contribution >= 0.6 is 11.6 Å². The topological polar surface area (TPSA) is 106 Å². The van der Waals surface area contributed by atoms with Crippen LogP contribution in [0, 0.1) is 5.41 Å². The van der Waals surface area contributed by atoms with Gasteiger partial charge in [0.1, 0.15) is 5.82 Å². The number of nitrogens with one attached hydrogen (secondary N) is 2. The van der Waals surface area contributed by atoms with E-state index in [2.05, 4.69) is 20.2 Å². The molecule has 1 amide bonds. The number of carbonyl (C=O) groups is 1. The zero-order valence-electron chi connectivity index (χ0n) is 22.7. The molecule has 41 heavy (non-hydrogen) atoms. The van der Waals surface area contributed by atoms with Crippen molar-refractivity contribution < 1.29 is 26.4 Å². The summed E-state index contributed by atoms with van der Waals surface area (Å²) in [6.45, 7) is 0.220. The first-order valence-electron chi connectivity index (χ1n) is 13.3. The van der Waals surface area contributed by atoms with E-state index in [1.165, 1.54) is 18.2 Å². The molecule has 0 unspecified atom stereocenters. The number of halogens is 4. The lowest BCUT2D eigenvalue weighted by molar-refractivity contribution is -0.137. The number of aromatic nitrogens is 3. The van der Waals surface area contributed by atoms with Crippen LogP contribution in [0.2, 0.25) is 5.02 Å². The Morgan fingerprint density at radius 1 is 1.05 bits per heavy atom. The number of amides is 1. The molecule has 3 saturated carbocycles. The van der Waals surface area contributed by atoms with Gasteiger partial charge in [0.15, 0.2) is 5.82 Å². The zero-order chi connectivity index (χ0) is 29.6. The molecule has 6 rings (SSSR count). The van der Waals surface area contributed by atoms with Gasteiger partial charge in [-0.1, -0.05) is 35.9 Å². The Labute approximate surface area is 241 Å². The van der Waals surface area contributed by atoms with Crippen molar-refractivity contribution in [2.24, 2.45) is 12.5 Å². The van der Waals surface area contributed by atoms with Gasteiger partial charge in [0, 0.05) is 41.7 Å². The Morgan fingerprint density at radius 2 is 1.71 bits per heavy atom. The molecule has 3 aliphatic carbocycles. The van der Waals surface area contributed by atoms with Crippen LogP contribution in [-0.2, 0) is 40.0 Å². The van der Waals surface area contributed by atoms with E-state index in [9.17, 15) is 26.4 Å². The summed E-state index contributed by atoms with van der Waals surface area (Å²) in [5.74, 6) is 0.812. The molecule has 0 radical (unpaired) electrons. The summed E-state index contributed by atoms with van der Waals surface area (Å²) in [4.78, 5) is 12.9. The van der Waals surface area contributed by atoms with E-state index < -0.39 is 21.8 Å². The molecule has 3 fully saturated rings. The summed E-state index contributed by atoms with van der Waals surface area (Å²) in [5.41, 5.74) is -0.118. The second-order valence-corrected chi connectivity index (χ2v) is 13.5. The summed E-state index contributed by atoms with van der Waals surface area (Å²) in [6.07, 6.45) is 1.72. The van der Waals surface area contributed by atoms with Gasteiger partial charge in [-0.2, -0.15) is 13.2 Å². The summed E-state index contributed by atoms with van der Waals surface area (Å²) in [5, 5.41) is 11.9. The van der Waals surface area contributed by atoms with Gasteiger partial charge in [-0.25, -0.2) is 8.42 Å². The first-order valence-corrected chi connectivity index (χ1v) is 15.6. The Kier molecular flexibility index (Phi) is 7.60. The number of benzene rings is 2. The fourth-order valence-corrected chi connectivity index (χ4v) is 7.18. The molecule has 0 aliphatic heterocycles. The number of rotatable bonds is 8. The van der Waals surface area contributed by atoms with Crippen LogP contribution < -0.4 is 10.0 Å². The molecule has 220 valence electrons. The van der Waals surface area contributed by atoms with Crippen molar-refractivity contribution in [3.05, 3.63) is 64.4 Å². The molecule has 2 aromatic carbocycles. The Hall–Kier alpha value is -3.12. The second-order valence-electron chi connectivity index (χ2n) is 11.4. The Balaban J connectivity index is 1.23. The lowest BCUT2D eigenvalue weighted by Gasteiger charge is -2.52. The van der Waals surface area contributed by atoms with Crippen LogP contribution in [-0.4, -0.2) is 35.3 Å². The zero-order valence-corrected chi connectivity index (χ0v) is 24.3. The number of sulfonamides is 1. The van der Waals surface area contributed by atoms with Crippen molar-refractivity contribution in [3.63, 3.8) is 0 Å². The van der Waals surface area contributed by atoms with Crippen molar-refractivity contribution in [1.29, 1.82) is 0 Å². The fraction of sp³-hybridized carbons (Fsp3) is 0.464. The van der Waals surface area contributed by atoms with E-state index >= 15 is 0 Å². The van der Waals surface area contributed by atoms with Crippen molar-refractivity contribution in [1.82, 2.24) is 20.1 Å². The number of fused-ring (bicyclic) bond motifs is 3. The van der Waals surface area contributed by atoms with Gasteiger partial charge < -0.3 is 9.88 Å². The number of nitrogens with zero attached hydrogens (tertiary/aromatic N) is 3. The molecule has 3 aromatic rings. The van der Waals surface area contributed by atoms with Gasteiger partial charge in [-0.15, -0.1) is 10.2 Å². The third kappa shape index (κ3) is 6.08. The molecule has 2 N–H and O–H groups in total. The van der Waals surface area contributed by atoms with Crippen molar-refractivity contribution in [2.75, 3.05) is 11.0 Å². The third-order valence-corrected chi connectivity index (χ3v) is 9.55. The number of hydrogen-bond donors (Lipinski definition) is 2. The number of alkyl halides is 3. The minimum Gasteiger partial charge on any atom is -0.352 e. The van der Waals surface area contributed by atoms with E-state index in [0.29, 0.717) is 28.5 Å². The van der Waals surface area contributed by atoms with Crippen LogP contribution in [0.3, 0.4) is 0 Å². The number of anilines is 1. The highest BCUT2D eigenvalue weighted by molar-refractivity contribution is 7.92. The lowest BCUT2D eigenvalue weighted by atomic mass is 9.52. The van der Waals surface area contributed by atoms with Gasteiger partial charge in [0.2, 0.25) is 15.9 Å². The first-order chi connectivity index (χ1) is 19.2. The molecule has 0 atom stereocenters. The summed E-state index contributed by atoms with van der Waals surface area (Å²) < 4.78 is 67.9. The van der Waals surface area contributed by atoms with Crippen LogP contribution in [0.15, 0.2) is 42.5 Å². The molecule has 8 nitrogen and oxygen atoms in total. The van der Waals surface area contributed by atoms with Gasteiger partial charge in [0.25, 0.3) is 0 Å². The van der Waals surface area contributed by atoms with E-state index in [1.54, 1.807) is 29.8 Å². The van der Waals surface area contributed by atoms with E-state index in [-0.39, 0.29) is 34.7 Å². The maximum atomic E-state index is 13.6.